The number of ether oxygens (including phenoxy) is 1. The van der Waals surface area contributed by atoms with Gasteiger partial charge in [0, 0.05) is 11.5 Å². The molecule has 0 bridgehead atoms. The molecule has 0 fully saturated rings. The van der Waals surface area contributed by atoms with Crippen LogP contribution in [0.15, 0.2) is 10.7 Å². The number of rotatable bonds is 5. The molecule has 0 atom stereocenters. The predicted octanol–water partition coefficient (Wildman–Crippen LogP) is 4.11. The topological polar surface area (TPSA) is 35.0 Å². The summed E-state index contributed by atoms with van der Waals surface area (Å²) in [4.78, 5) is 8.81. The second-order valence-corrected chi connectivity index (χ2v) is 5.97. The zero-order valence-electron chi connectivity index (χ0n) is 11.1. The predicted molar refractivity (Wildman–Crippen MR) is 73.5 cm³/mol. The van der Waals surface area contributed by atoms with Gasteiger partial charge in [0.2, 0.25) is 5.88 Å². The molecule has 0 aliphatic carbocycles. The Hall–Kier alpha value is -0.640. The molecule has 0 spiro atoms. The van der Waals surface area contributed by atoms with Gasteiger partial charge in [-0.3, -0.25) is 0 Å². The molecule has 0 aliphatic heterocycles. The van der Waals surface area contributed by atoms with Crippen molar-refractivity contribution < 1.29 is 4.74 Å². The molecule has 1 heterocycles. The van der Waals surface area contributed by atoms with Gasteiger partial charge in [0.25, 0.3) is 0 Å². The highest BCUT2D eigenvalue weighted by molar-refractivity contribution is 9.10. The van der Waals surface area contributed by atoms with Gasteiger partial charge < -0.3 is 4.74 Å². The molecule has 0 unspecified atom stereocenters. The summed E-state index contributed by atoms with van der Waals surface area (Å²) < 4.78 is 6.42. The van der Waals surface area contributed by atoms with E-state index in [-0.39, 0.29) is 5.41 Å². The lowest BCUT2D eigenvalue weighted by Gasteiger charge is -2.17. The van der Waals surface area contributed by atoms with Crippen molar-refractivity contribution in [2.45, 2.75) is 52.4 Å². The Morgan fingerprint density at radius 3 is 2.53 bits per heavy atom. The van der Waals surface area contributed by atoms with E-state index < -0.39 is 0 Å². The Bertz CT molecular complexity index is 361. The van der Waals surface area contributed by atoms with Crippen molar-refractivity contribution in [1.82, 2.24) is 9.97 Å². The molecular weight excluding hydrogens is 280 g/mol. The first-order valence-corrected chi connectivity index (χ1v) is 6.90. The largest absolute Gasteiger partial charge is 0.478 e. The Morgan fingerprint density at radius 2 is 1.94 bits per heavy atom. The van der Waals surface area contributed by atoms with Crippen LogP contribution in [0.1, 0.15) is 52.8 Å². The molecule has 0 aliphatic rings. The summed E-state index contributed by atoms with van der Waals surface area (Å²) >= 11 is 3.40. The van der Waals surface area contributed by atoms with Gasteiger partial charge in [0.1, 0.15) is 10.4 Å². The molecule has 17 heavy (non-hydrogen) atoms. The zero-order chi connectivity index (χ0) is 12.9. The van der Waals surface area contributed by atoms with E-state index in [0.29, 0.717) is 5.88 Å². The van der Waals surface area contributed by atoms with Crippen LogP contribution in [0.2, 0.25) is 0 Å². The third-order valence-corrected chi connectivity index (χ3v) is 2.75. The van der Waals surface area contributed by atoms with Crippen molar-refractivity contribution in [3.05, 3.63) is 16.5 Å². The van der Waals surface area contributed by atoms with Gasteiger partial charge in [0.15, 0.2) is 0 Å². The standard InChI is InChI=1S/C13H21BrN2O/c1-5-6-7-8-17-11-9-10(14)15-12(16-11)13(2,3)4/h9H,5-8H2,1-4H3. The maximum atomic E-state index is 5.64. The highest BCUT2D eigenvalue weighted by Gasteiger charge is 2.19. The highest BCUT2D eigenvalue weighted by Crippen LogP contribution is 2.23. The van der Waals surface area contributed by atoms with Gasteiger partial charge >= 0.3 is 0 Å². The van der Waals surface area contributed by atoms with E-state index in [9.17, 15) is 0 Å². The van der Waals surface area contributed by atoms with Gasteiger partial charge in [-0.15, -0.1) is 0 Å². The third kappa shape index (κ3) is 5.02. The molecule has 1 rings (SSSR count). The van der Waals surface area contributed by atoms with E-state index in [1.807, 2.05) is 6.07 Å². The molecule has 4 heteroatoms. The monoisotopic (exact) mass is 300 g/mol. The van der Waals surface area contributed by atoms with E-state index in [1.54, 1.807) is 0 Å². The number of hydrogen-bond acceptors (Lipinski definition) is 3. The highest BCUT2D eigenvalue weighted by atomic mass is 79.9. The van der Waals surface area contributed by atoms with Crippen LogP contribution < -0.4 is 4.74 Å². The van der Waals surface area contributed by atoms with Crippen LogP contribution in [0.5, 0.6) is 5.88 Å². The molecule has 1 aromatic rings. The number of hydrogen-bond donors (Lipinski definition) is 0. The molecule has 0 N–H and O–H groups in total. The lowest BCUT2D eigenvalue weighted by molar-refractivity contribution is 0.291. The summed E-state index contributed by atoms with van der Waals surface area (Å²) in [5, 5.41) is 0. The maximum Gasteiger partial charge on any atom is 0.217 e. The van der Waals surface area contributed by atoms with Crippen molar-refractivity contribution in [1.29, 1.82) is 0 Å². The molecule has 0 saturated heterocycles. The van der Waals surface area contributed by atoms with Gasteiger partial charge in [-0.2, -0.15) is 4.98 Å². The van der Waals surface area contributed by atoms with E-state index in [1.165, 1.54) is 12.8 Å². The molecular formula is C13H21BrN2O. The molecule has 96 valence electrons. The number of nitrogens with zero attached hydrogens (tertiary/aromatic N) is 2. The van der Waals surface area contributed by atoms with E-state index in [0.717, 1.165) is 23.5 Å². The number of aromatic nitrogens is 2. The summed E-state index contributed by atoms with van der Waals surface area (Å²) in [6.07, 6.45) is 3.46. The maximum absolute atomic E-state index is 5.64. The Morgan fingerprint density at radius 1 is 1.24 bits per heavy atom. The Labute approximate surface area is 112 Å². The number of unbranched alkanes of at least 4 members (excludes halogenated alkanes) is 2. The molecule has 0 saturated carbocycles. The molecule has 1 aromatic heterocycles. The molecule has 0 radical (unpaired) electrons. The van der Waals surface area contributed by atoms with Crippen LogP contribution in [-0.4, -0.2) is 16.6 Å². The van der Waals surface area contributed by atoms with Crippen LogP contribution in [0.3, 0.4) is 0 Å². The van der Waals surface area contributed by atoms with Crippen LogP contribution in [0.25, 0.3) is 0 Å². The van der Waals surface area contributed by atoms with Crippen molar-refractivity contribution in [3.8, 4) is 5.88 Å². The summed E-state index contributed by atoms with van der Waals surface area (Å²) in [6, 6.07) is 1.82. The van der Waals surface area contributed by atoms with Gasteiger partial charge in [0.05, 0.1) is 6.61 Å². The lowest BCUT2D eigenvalue weighted by Crippen LogP contribution is -2.16. The van der Waals surface area contributed by atoms with Gasteiger partial charge in [-0.1, -0.05) is 40.5 Å². The normalized spacial score (nSPS) is 11.6. The summed E-state index contributed by atoms with van der Waals surface area (Å²) in [5.41, 5.74) is -0.0642. The summed E-state index contributed by atoms with van der Waals surface area (Å²) in [6.45, 7) is 9.18. The van der Waals surface area contributed by atoms with Gasteiger partial charge in [-0.05, 0) is 22.4 Å². The lowest BCUT2D eigenvalue weighted by atomic mass is 9.96. The minimum absolute atomic E-state index is 0.0642. The Kier molecular flexibility index (Phi) is 5.37. The average molecular weight is 301 g/mol. The van der Waals surface area contributed by atoms with Crippen molar-refractivity contribution in [2.75, 3.05) is 6.61 Å². The second kappa shape index (κ2) is 6.34. The summed E-state index contributed by atoms with van der Waals surface area (Å²) in [5.74, 6) is 1.46. The van der Waals surface area contributed by atoms with Crippen LogP contribution >= 0.6 is 15.9 Å². The van der Waals surface area contributed by atoms with Crippen LogP contribution in [-0.2, 0) is 5.41 Å². The minimum Gasteiger partial charge on any atom is -0.478 e. The van der Waals surface area contributed by atoms with Crippen LogP contribution in [0.4, 0.5) is 0 Å². The average Bonchev–Trinajstić information content (AvgIpc) is 2.22. The fourth-order valence-corrected chi connectivity index (χ4v) is 1.70. The van der Waals surface area contributed by atoms with Crippen molar-refractivity contribution in [2.24, 2.45) is 0 Å². The van der Waals surface area contributed by atoms with E-state index in [2.05, 4.69) is 53.6 Å². The van der Waals surface area contributed by atoms with E-state index in [4.69, 9.17) is 4.74 Å². The minimum atomic E-state index is -0.0642. The third-order valence-electron chi connectivity index (χ3n) is 2.34. The second-order valence-electron chi connectivity index (χ2n) is 5.16. The fraction of sp³-hybridized carbons (Fsp3) is 0.692. The molecule has 3 nitrogen and oxygen atoms in total. The smallest absolute Gasteiger partial charge is 0.217 e. The molecule has 0 amide bonds. The van der Waals surface area contributed by atoms with Gasteiger partial charge in [-0.25, -0.2) is 4.98 Å². The fourth-order valence-electron chi connectivity index (χ4n) is 1.34. The first-order valence-electron chi connectivity index (χ1n) is 6.11. The zero-order valence-corrected chi connectivity index (χ0v) is 12.7. The quantitative estimate of drug-likeness (QED) is 0.606. The van der Waals surface area contributed by atoms with Crippen molar-refractivity contribution in [3.63, 3.8) is 0 Å². The SMILES string of the molecule is CCCCCOc1cc(Br)nc(C(C)(C)C)n1. The van der Waals surface area contributed by atoms with Crippen LogP contribution in [0, 0.1) is 0 Å². The van der Waals surface area contributed by atoms with E-state index >= 15 is 0 Å². The van der Waals surface area contributed by atoms with Crippen molar-refractivity contribution >= 4 is 15.9 Å². The summed E-state index contributed by atoms with van der Waals surface area (Å²) in [7, 11) is 0. The first kappa shape index (κ1) is 14.4. The Balaban J connectivity index is 2.69. The number of halogens is 1. The molecule has 0 aromatic carbocycles. The first-order chi connectivity index (χ1) is 7.93.